The molecule has 0 radical (unpaired) electrons. The number of hydrogen-bond acceptors (Lipinski definition) is 1. The first kappa shape index (κ1) is 16.4. The Hall–Kier alpha value is -0.560. The third kappa shape index (κ3) is 13.4. The highest BCUT2D eigenvalue weighted by molar-refractivity contribution is 4.88. The summed E-state index contributed by atoms with van der Waals surface area (Å²) in [6.07, 6.45) is 17.7. The van der Waals surface area contributed by atoms with Gasteiger partial charge in [-0.15, -0.1) is 6.58 Å². The third-order valence-electron chi connectivity index (χ3n) is 2.99. The Bertz CT molecular complexity index is 184. The highest BCUT2D eigenvalue weighted by Crippen LogP contribution is 2.09. The predicted molar refractivity (Wildman–Crippen MR) is 77.2 cm³/mol. The first-order chi connectivity index (χ1) is 8.31. The molecule has 0 fully saturated rings. The molecule has 0 saturated carbocycles. The molecule has 1 atom stereocenters. The summed E-state index contributed by atoms with van der Waals surface area (Å²) in [5.41, 5.74) is 0. The molecule has 1 heteroatoms. The normalized spacial score (nSPS) is 13.1. The van der Waals surface area contributed by atoms with Gasteiger partial charge in [-0.2, -0.15) is 0 Å². The van der Waals surface area contributed by atoms with Gasteiger partial charge < -0.3 is 5.11 Å². The summed E-state index contributed by atoms with van der Waals surface area (Å²) in [6, 6.07) is 0. The van der Waals surface area contributed by atoms with Crippen LogP contribution in [-0.4, -0.2) is 11.2 Å². The zero-order valence-electron chi connectivity index (χ0n) is 11.5. The minimum absolute atomic E-state index is 0.222. The van der Waals surface area contributed by atoms with Crippen molar-refractivity contribution in [3.8, 4) is 0 Å². The van der Waals surface area contributed by atoms with Gasteiger partial charge in [-0.25, -0.2) is 0 Å². The van der Waals surface area contributed by atoms with Gasteiger partial charge in [0.05, 0.1) is 6.10 Å². The summed E-state index contributed by atoms with van der Waals surface area (Å²) in [6.45, 7) is 5.91. The monoisotopic (exact) mass is 238 g/mol. The Morgan fingerprint density at radius 2 is 1.71 bits per heavy atom. The van der Waals surface area contributed by atoms with Crippen LogP contribution in [0.3, 0.4) is 0 Å². The highest BCUT2D eigenvalue weighted by atomic mass is 16.3. The van der Waals surface area contributed by atoms with Crippen LogP contribution in [0.25, 0.3) is 0 Å². The fourth-order valence-corrected chi connectivity index (χ4v) is 1.84. The Morgan fingerprint density at radius 3 is 2.41 bits per heavy atom. The van der Waals surface area contributed by atoms with Crippen LogP contribution in [0, 0.1) is 0 Å². The van der Waals surface area contributed by atoms with E-state index in [9.17, 15) is 5.11 Å². The SMILES string of the molecule is C=CCCCCCCCC(O)C=CCCCC. The van der Waals surface area contributed by atoms with E-state index in [1.54, 1.807) is 0 Å². The van der Waals surface area contributed by atoms with E-state index in [0.29, 0.717) is 0 Å². The van der Waals surface area contributed by atoms with Crippen LogP contribution in [0.1, 0.15) is 71.1 Å². The second-order valence-electron chi connectivity index (χ2n) is 4.77. The molecule has 1 nitrogen and oxygen atoms in total. The molecule has 0 aromatic heterocycles. The van der Waals surface area contributed by atoms with E-state index in [0.717, 1.165) is 25.7 Å². The largest absolute Gasteiger partial charge is 0.389 e. The van der Waals surface area contributed by atoms with E-state index in [1.165, 1.54) is 38.5 Å². The summed E-state index contributed by atoms with van der Waals surface area (Å²) in [4.78, 5) is 0. The molecule has 17 heavy (non-hydrogen) atoms. The molecule has 0 saturated heterocycles. The fraction of sp³-hybridized carbons (Fsp3) is 0.750. The van der Waals surface area contributed by atoms with Crippen LogP contribution in [0.2, 0.25) is 0 Å². The van der Waals surface area contributed by atoms with E-state index in [2.05, 4.69) is 19.6 Å². The Morgan fingerprint density at radius 1 is 1.00 bits per heavy atom. The Balaban J connectivity index is 3.23. The average Bonchev–Trinajstić information content (AvgIpc) is 2.33. The van der Waals surface area contributed by atoms with Gasteiger partial charge in [0.2, 0.25) is 0 Å². The van der Waals surface area contributed by atoms with Gasteiger partial charge in [-0.3, -0.25) is 0 Å². The molecule has 0 aromatic carbocycles. The lowest BCUT2D eigenvalue weighted by molar-refractivity contribution is 0.207. The van der Waals surface area contributed by atoms with Crippen molar-refractivity contribution in [1.29, 1.82) is 0 Å². The van der Waals surface area contributed by atoms with Crippen molar-refractivity contribution in [3.63, 3.8) is 0 Å². The smallest absolute Gasteiger partial charge is 0.0720 e. The zero-order valence-corrected chi connectivity index (χ0v) is 11.5. The lowest BCUT2D eigenvalue weighted by atomic mass is 10.1. The van der Waals surface area contributed by atoms with E-state index >= 15 is 0 Å². The number of aliphatic hydroxyl groups is 1. The summed E-state index contributed by atoms with van der Waals surface area (Å²) in [5.74, 6) is 0. The predicted octanol–water partition coefficient (Wildman–Crippen LogP) is 5.01. The van der Waals surface area contributed by atoms with Crippen molar-refractivity contribution in [2.75, 3.05) is 0 Å². The summed E-state index contributed by atoms with van der Waals surface area (Å²) >= 11 is 0. The van der Waals surface area contributed by atoms with Crippen molar-refractivity contribution in [1.82, 2.24) is 0 Å². The van der Waals surface area contributed by atoms with E-state index in [1.807, 2.05) is 12.2 Å². The maximum atomic E-state index is 9.69. The summed E-state index contributed by atoms with van der Waals surface area (Å²) in [7, 11) is 0. The van der Waals surface area contributed by atoms with Gasteiger partial charge in [0.1, 0.15) is 0 Å². The maximum absolute atomic E-state index is 9.69. The first-order valence-electron chi connectivity index (χ1n) is 7.26. The fourth-order valence-electron chi connectivity index (χ4n) is 1.84. The molecule has 0 bridgehead atoms. The minimum Gasteiger partial charge on any atom is -0.389 e. The summed E-state index contributed by atoms with van der Waals surface area (Å²) < 4.78 is 0. The van der Waals surface area contributed by atoms with Gasteiger partial charge in [0.25, 0.3) is 0 Å². The number of allylic oxidation sites excluding steroid dienone is 2. The Kier molecular flexibility index (Phi) is 13.1. The quantitative estimate of drug-likeness (QED) is 0.374. The molecule has 0 aromatic rings. The molecule has 0 aliphatic rings. The van der Waals surface area contributed by atoms with Gasteiger partial charge in [0.15, 0.2) is 0 Å². The molecule has 0 aliphatic carbocycles. The van der Waals surface area contributed by atoms with Crippen molar-refractivity contribution in [3.05, 3.63) is 24.8 Å². The molecular formula is C16H30O. The van der Waals surface area contributed by atoms with Crippen LogP contribution in [-0.2, 0) is 0 Å². The molecule has 1 N–H and O–H groups in total. The van der Waals surface area contributed by atoms with Crippen LogP contribution in [0.4, 0.5) is 0 Å². The van der Waals surface area contributed by atoms with E-state index < -0.39 is 0 Å². The number of rotatable bonds is 12. The molecule has 0 heterocycles. The van der Waals surface area contributed by atoms with Crippen molar-refractivity contribution >= 4 is 0 Å². The van der Waals surface area contributed by atoms with Crippen molar-refractivity contribution in [2.45, 2.75) is 77.2 Å². The lowest BCUT2D eigenvalue weighted by Crippen LogP contribution is -2.01. The van der Waals surface area contributed by atoms with Gasteiger partial charge in [-0.05, 0) is 25.7 Å². The van der Waals surface area contributed by atoms with Crippen molar-refractivity contribution in [2.24, 2.45) is 0 Å². The van der Waals surface area contributed by atoms with Crippen molar-refractivity contribution < 1.29 is 5.11 Å². The number of hydrogen-bond donors (Lipinski definition) is 1. The highest BCUT2D eigenvalue weighted by Gasteiger charge is 1.98. The van der Waals surface area contributed by atoms with Crippen LogP contribution >= 0.6 is 0 Å². The second-order valence-corrected chi connectivity index (χ2v) is 4.77. The summed E-state index contributed by atoms with van der Waals surface area (Å²) in [5, 5.41) is 9.69. The Labute approximate surface area is 108 Å². The maximum Gasteiger partial charge on any atom is 0.0720 e. The van der Waals surface area contributed by atoms with Crippen LogP contribution in [0.5, 0.6) is 0 Å². The van der Waals surface area contributed by atoms with Crippen LogP contribution < -0.4 is 0 Å². The lowest BCUT2D eigenvalue weighted by Gasteiger charge is -2.05. The van der Waals surface area contributed by atoms with E-state index in [4.69, 9.17) is 0 Å². The molecule has 0 aliphatic heterocycles. The topological polar surface area (TPSA) is 20.2 Å². The van der Waals surface area contributed by atoms with E-state index in [-0.39, 0.29) is 6.10 Å². The number of unbranched alkanes of at least 4 members (excludes halogenated alkanes) is 7. The number of aliphatic hydroxyl groups excluding tert-OH is 1. The molecule has 100 valence electrons. The molecule has 1 unspecified atom stereocenters. The van der Waals surface area contributed by atoms with Gasteiger partial charge in [0, 0.05) is 0 Å². The van der Waals surface area contributed by atoms with Gasteiger partial charge in [-0.1, -0.05) is 63.7 Å². The second kappa shape index (κ2) is 13.5. The van der Waals surface area contributed by atoms with Crippen LogP contribution in [0.15, 0.2) is 24.8 Å². The third-order valence-corrected chi connectivity index (χ3v) is 2.99. The molecule has 0 amide bonds. The zero-order chi connectivity index (χ0) is 12.8. The first-order valence-corrected chi connectivity index (χ1v) is 7.26. The van der Waals surface area contributed by atoms with Gasteiger partial charge >= 0.3 is 0 Å². The molecular weight excluding hydrogens is 208 g/mol. The molecule has 0 rings (SSSR count). The minimum atomic E-state index is -0.222. The standard InChI is InChI=1S/C16H30O/c1-3-5-7-9-10-11-13-15-16(17)14-12-8-6-4-2/h3,12,14,16-17H,1,4-11,13,15H2,2H3. The average molecular weight is 238 g/mol. The molecule has 0 spiro atoms.